The van der Waals surface area contributed by atoms with Gasteiger partial charge in [-0.25, -0.2) is 0 Å². The molecule has 2 aliphatic rings. The summed E-state index contributed by atoms with van der Waals surface area (Å²) in [5.41, 5.74) is 6.01. The zero-order valence-corrected chi connectivity index (χ0v) is 18.5. The number of piperidine rings is 1. The number of ether oxygens (including phenoxy) is 1. The van der Waals surface area contributed by atoms with Gasteiger partial charge < -0.3 is 9.64 Å². The summed E-state index contributed by atoms with van der Waals surface area (Å²) in [5.74, 6) is 0.940. The first-order valence-electron chi connectivity index (χ1n) is 11.0. The first-order chi connectivity index (χ1) is 14.5. The quantitative estimate of drug-likeness (QED) is 0.714. The Balaban J connectivity index is 1.74. The number of rotatable bonds is 5. The van der Waals surface area contributed by atoms with Gasteiger partial charge >= 0.3 is 0 Å². The van der Waals surface area contributed by atoms with Crippen LogP contribution in [0, 0.1) is 0 Å². The van der Waals surface area contributed by atoms with Crippen LogP contribution in [0.3, 0.4) is 0 Å². The maximum absolute atomic E-state index is 12.5. The molecular weight excluding hydrogens is 372 g/mol. The van der Waals surface area contributed by atoms with Crippen molar-refractivity contribution in [2.24, 2.45) is 0 Å². The van der Waals surface area contributed by atoms with Crippen LogP contribution >= 0.6 is 0 Å². The number of fused-ring (bicyclic) bond motifs is 2. The predicted molar refractivity (Wildman–Crippen MR) is 122 cm³/mol. The van der Waals surface area contributed by atoms with Crippen molar-refractivity contribution < 1.29 is 9.53 Å². The van der Waals surface area contributed by atoms with Gasteiger partial charge in [-0.3, -0.25) is 9.69 Å². The van der Waals surface area contributed by atoms with Crippen LogP contribution in [0.4, 0.5) is 0 Å². The van der Waals surface area contributed by atoms with Crippen molar-refractivity contribution in [1.82, 2.24) is 9.80 Å². The Morgan fingerprint density at radius 1 is 0.967 bits per heavy atom. The lowest BCUT2D eigenvalue weighted by molar-refractivity contribution is 0.0802. The number of hydrogen-bond acceptors (Lipinski definition) is 3. The number of nitrogens with zero attached hydrogens (tertiary/aromatic N) is 2. The van der Waals surface area contributed by atoms with E-state index in [4.69, 9.17) is 4.74 Å². The molecule has 2 fully saturated rings. The summed E-state index contributed by atoms with van der Waals surface area (Å²) >= 11 is 0. The van der Waals surface area contributed by atoms with Gasteiger partial charge in [0.1, 0.15) is 5.75 Å². The highest BCUT2D eigenvalue weighted by Gasteiger charge is 2.37. The maximum Gasteiger partial charge on any atom is 0.253 e. The molecule has 2 unspecified atom stereocenters. The van der Waals surface area contributed by atoms with Gasteiger partial charge in [0.25, 0.3) is 5.91 Å². The number of hydrogen-bond donors (Lipinski definition) is 0. The summed E-state index contributed by atoms with van der Waals surface area (Å²) in [6.07, 6.45) is 4.82. The summed E-state index contributed by atoms with van der Waals surface area (Å²) < 4.78 is 5.37. The van der Waals surface area contributed by atoms with E-state index in [0.717, 1.165) is 24.2 Å². The van der Waals surface area contributed by atoms with E-state index in [2.05, 4.69) is 36.2 Å². The van der Waals surface area contributed by atoms with Crippen LogP contribution in [0.2, 0.25) is 0 Å². The molecule has 2 heterocycles. The Bertz CT molecular complexity index is 915. The third-order valence-corrected chi connectivity index (χ3v) is 6.92. The van der Waals surface area contributed by atoms with Crippen LogP contribution < -0.4 is 4.74 Å². The highest BCUT2D eigenvalue weighted by molar-refractivity contribution is 5.94. The van der Waals surface area contributed by atoms with Crippen molar-refractivity contribution in [3.63, 3.8) is 0 Å². The molecule has 2 aromatic carbocycles. The van der Waals surface area contributed by atoms with E-state index in [1.54, 1.807) is 12.0 Å². The van der Waals surface area contributed by atoms with Gasteiger partial charge in [0, 0.05) is 31.2 Å². The minimum absolute atomic E-state index is 0.0695. The maximum atomic E-state index is 12.5. The third-order valence-electron chi connectivity index (χ3n) is 6.92. The summed E-state index contributed by atoms with van der Waals surface area (Å²) in [6, 6.07) is 17.8. The lowest BCUT2D eigenvalue weighted by Crippen LogP contribution is -2.37. The summed E-state index contributed by atoms with van der Waals surface area (Å²) in [6.45, 7) is 2.70. The topological polar surface area (TPSA) is 32.8 Å². The van der Waals surface area contributed by atoms with E-state index in [1.807, 2.05) is 38.2 Å². The number of benzene rings is 2. The average Bonchev–Trinajstić information content (AvgIpc) is 2.99. The van der Waals surface area contributed by atoms with E-state index < -0.39 is 0 Å². The second-order valence-corrected chi connectivity index (χ2v) is 8.56. The number of methoxy groups -OCH3 is 1. The van der Waals surface area contributed by atoms with Gasteiger partial charge in [-0.15, -0.1) is 0 Å². The number of carbonyl (C=O) groups is 1. The Morgan fingerprint density at radius 3 is 1.97 bits per heavy atom. The first kappa shape index (κ1) is 20.7. The summed E-state index contributed by atoms with van der Waals surface area (Å²) in [7, 11) is 5.82. The van der Waals surface area contributed by atoms with Crippen molar-refractivity contribution in [3.05, 3.63) is 70.8 Å². The molecule has 0 spiro atoms. The van der Waals surface area contributed by atoms with Crippen LogP contribution in [0.1, 0.15) is 54.1 Å². The Morgan fingerprint density at radius 2 is 1.47 bits per heavy atom. The molecule has 2 aromatic rings. The van der Waals surface area contributed by atoms with E-state index in [1.165, 1.54) is 35.1 Å². The highest BCUT2D eigenvalue weighted by atomic mass is 16.5. The minimum Gasteiger partial charge on any atom is -0.497 e. The second kappa shape index (κ2) is 8.65. The van der Waals surface area contributed by atoms with Crippen LogP contribution in [-0.4, -0.2) is 55.5 Å². The summed E-state index contributed by atoms with van der Waals surface area (Å²) in [5, 5.41) is 0. The molecule has 2 bridgehead atoms. The summed E-state index contributed by atoms with van der Waals surface area (Å²) in [4.78, 5) is 16.8. The fourth-order valence-corrected chi connectivity index (χ4v) is 4.91. The molecular formula is C26H32N2O2. The van der Waals surface area contributed by atoms with Gasteiger partial charge in [-0.05, 0) is 80.6 Å². The SMILES string of the molecule is CCN(C)C(=O)c1ccc(C(=C2CC3CCC(C2)N3C)c2ccc(OC)cc2)cc1. The lowest BCUT2D eigenvalue weighted by Gasteiger charge is -2.34. The fraction of sp³-hybridized carbons (Fsp3) is 0.423. The second-order valence-electron chi connectivity index (χ2n) is 8.56. The molecule has 4 heteroatoms. The van der Waals surface area contributed by atoms with Gasteiger partial charge in [0.05, 0.1) is 7.11 Å². The average molecular weight is 405 g/mol. The number of amides is 1. The zero-order valence-electron chi connectivity index (χ0n) is 18.5. The lowest BCUT2D eigenvalue weighted by atomic mass is 9.85. The molecule has 0 radical (unpaired) electrons. The molecule has 2 atom stereocenters. The van der Waals surface area contributed by atoms with E-state index in [-0.39, 0.29) is 5.91 Å². The smallest absolute Gasteiger partial charge is 0.253 e. The minimum atomic E-state index is 0.0695. The van der Waals surface area contributed by atoms with E-state index >= 15 is 0 Å². The van der Waals surface area contributed by atoms with Crippen molar-refractivity contribution in [1.29, 1.82) is 0 Å². The zero-order chi connectivity index (χ0) is 21.3. The normalized spacial score (nSPS) is 20.9. The molecule has 0 N–H and O–H groups in total. The van der Waals surface area contributed by atoms with Crippen molar-refractivity contribution in [2.75, 3.05) is 27.7 Å². The van der Waals surface area contributed by atoms with E-state index in [9.17, 15) is 4.79 Å². The molecule has 4 rings (SSSR count). The fourth-order valence-electron chi connectivity index (χ4n) is 4.91. The van der Waals surface area contributed by atoms with Crippen molar-refractivity contribution in [2.45, 2.75) is 44.7 Å². The largest absolute Gasteiger partial charge is 0.497 e. The number of carbonyl (C=O) groups excluding carboxylic acids is 1. The van der Waals surface area contributed by atoms with Crippen LogP contribution in [-0.2, 0) is 0 Å². The third kappa shape index (κ3) is 3.89. The Hall–Kier alpha value is -2.59. The van der Waals surface area contributed by atoms with Crippen molar-refractivity contribution >= 4 is 11.5 Å². The van der Waals surface area contributed by atoms with E-state index in [0.29, 0.717) is 18.6 Å². The Labute approximate surface area is 180 Å². The van der Waals surface area contributed by atoms with Crippen LogP contribution in [0.25, 0.3) is 5.57 Å². The Kier molecular flexibility index (Phi) is 5.96. The van der Waals surface area contributed by atoms with Crippen LogP contribution in [0.5, 0.6) is 5.75 Å². The molecule has 0 saturated carbocycles. The first-order valence-corrected chi connectivity index (χ1v) is 11.0. The molecule has 4 nitrogen and oxygen atoms in total. The molecule has 1 amide bonds. The molecule has 0 aromatic heterocycles. The standard InChI is InChI=1S/C26H32N2O2/c1-5-27(2)26(29)20-8-6-18(7-9-20)25(19-10-14-24(30-4)15-11-19)21-16-22-12-13-23(17-21)28(22)3/h6-11,14-15,22-23H,5,12-13,16-17H2,1-4H3. The van der Waals surface area contributed by atoms with Crippen LogP contribution in [0.15, 0.2) is 54.1 Å². The molecule has 2 aliphatic heterocycles. The van der Waals surface area contributed by atoms with Gasteiger partial charge in [-0.2, -0.15) is 0 Å². The van der Waals surface area contributed by atoms with Gasteiger partial charge in [-0.1, -0.05) is 29.8 Å². The monoisotopic (exact) mass is 404 g/mol. The highest BCUT2D eigenvalue weighted by Crippen LogP contribution is 2.42. The molecule has 158 valence electrons. The molecule has 2 saturated heterocycles. The van der Waals surface area contributed by atoms with Gasteiger partial charge in [0.2, 0.25) is 0 Å². The van der Waals surface area contributed by atoms with Crippen molar-refractivity contribution in [3.8, 4) is 5.75 Å². The molecule has 0 aliphatic carbocycles. The molecule has 30 heavy (non-hydrogen) atoms. The predicted octanol–water partition coefficient (Wildman–Crippen LogP) is 4.85. The van der Waals surface area contributed by atoms with Gasteiger partial charge in [0.15, 0.2) is 0 Å².